The molecule has 4 N–H and O–H groups in total. The van der Waals surface area contributed by atoms with Crippen LogP contribution in [0, 0.1) is 6.92 Å². The van der Waals surface area contributed by atoms with E-state index in [1.54, 1.807) is 36.5 Å². The highest BCUT2D eigenvalue weighted by atomic mass is 16.5. The van der Waals surface area contributed by atoms with E-state index in [-0.39, 0.29) is 11.6 Å². The molecule has 35 heavy (non-hydrogen) atoms. The monoisotopic (exact) mass is 466 g/mol. The number of aryl methyl sites for hydroxylation is 1. The van der Waals surface area contributed by atoms with Crippen LogP contribution in [-0.2, 0) is 0 Å². The number of nitrogen functional groups attached to an aromatic ring is 1. The number of hydrogen-bond acceptors (Lipinski definition) is 6. The van der Waals surface area contributed by atoms with Gasteiger partial charge in [-0.05, 0) is 48.9 Å². The van der Waals surface area contributed by atoms with E-state index < -0.39 is 6.03 Å². The fourth-order valence-electron chi connectivity index (χ4n) is 3.90. The van der Waals surface area contributed by atoms with Crippen molar-refractivity contribution >= 4 is 45.7 Å². The number of hydrogen-bond donors (Lipinski definition) is 3. The quantitative estimate of drug-likeness (QED) is 0.356. The Bertz CT molecular complexity index is 1550. The molecule has 9 heteroatoms. The van der Waals surface area contributed by atoms with Gasteiger partial charge in [0.25, 0.3) is 0 Å². The highest BCUT2D eigenvalue weighted by Gasteiger charge is 2.22. The van der Waals surface area contributed by atoms with Crippen molar-refractivity contribution in [3.05, 3.63) is 89.9 Å². The van der Waals surface area contributed by atoms with E-state index >= 15 is 0 Å². The Labute approximate surface area is 200 Å². The second-order valence-electron chi connectivity index (χ2n) is 8.01. The number of nitrogens with two attached hydrogens (primary N) is 1. The summed E-state index contributed by atoms with van der Waals surface area (Å²) in [7, 11) is 1.54. The Hall–Kier alpha value is -4.92. The maximum absolute atomic E-state index is 13.5. The zero-order chi connectivity index (χ0) is 24.5. The standard InChI is InChI=1S/C26H22N6O3/c1-15-9-10-21(35-2)20(11-15)31-26(34)30-17-6-3-5-16(12-17)23(33)19-13-32(18-7-4-8-18)25-22(19)24(27)28-14-29-25/h3-14H,1-2H3,(H2,27,28,29)(H2,30,31,34). The molecule has 1 aliphatic carbocycles. The first-order valence-corrected chi connectivity index (χ1v) is 10.8. The molecule has 2 heterocycles. The number of rotatable bonds is 6. The largest absolute Gasteiger partial charge is 0.495 e. The van der Waals surface area contributed by atoms with Crippen LogP contribution in [0.2, 0.25) is 0 Å². The summed E-state index contributed by atoms with van der Waals surface area (Å²) in [5.41, 5.74) is 10.3. The number of nitrogens with zero attached hydrogens (tertiary/aromatic N) is 3. The van der Waals surface area contributed by atoms with Gasteiger partial charge < -0.3 is 25.7 Å². The van der Waals surface area contributed by atoms with Gasteiger partial charge in [0.15, 0.2) is 11.4 Å². The molecule has 2 aromatic heterocycles. The SMILES string of the molecule is COc1ccc(C)cc1NC(=O)Nc1cccc(C(=O)c2cn(C3=CC=C3)c3ncnc(N)c23)c1. The lowest BCUT2D eigenvalue weighted by molar-refractivity contribution is 0.104. The number of carbonyl (C=O) groups is 2. The summed E-state index contributed by atoms with van der Waals surface area (Å²) in [5, 5.41) is 6.04. The van der Waals surface area contributed by atoms with Crippen LogP contribution in [0.3, 0.4) is 0 Å². The van der Waals surface area contributed by atoms with Crippen LogP contribution in [0.15, 0.2) is 73.2 Å². The highest BCUT2D eigenvalue weighted by molar-refractivity contribution is 6.19. The van der Waals surface area contributed by atoms with Crippen molar-refractivity contribution in [2.24, 2.45) is 0 Å². The minimum Gasteiger partial charge on any atom is -0.495 e. The summed E-state index contributed by atoms with van der Waals surface area (Å²) in [6, 6.07) is 11.7. The molecule has 0 atom stereocenters. The van der Waals surface area contributed by atoms with Crippen LogP contribution >= 0.6 is 0 Å². The van der Waals surface area contributed by atoms with Gasteiger partial charge in [-0.1, -0.05) is 24.3 Å². The number of carbonyl (C=O) groups excluding carboxylic acids is 2. The molecule has 0 saturated carbocycles. The Morgan fingerprint density at radius 3 is 2.66 bits per heavy atom. The van der Waals surface area contributed by atoms with Gasteiger partial charge in [0.2, 0.25) is 0 Å². The number of aromatic nitrogens is 3. The molecule has 0 spiro atoms. The number of nitrogens with one attached hydrogen (secondary N) is 2. The van der Waals surface area contributed by atoms with Gasteiger partial charge in [0.1, 0.15) is 17.9 Å². The third-order valence-electron chi connectivity index (χ3n) is 5.65. The van der Waals surface area contributed by atoms with E-state index in [0.29, 0.717) is 39.3 Å². The van der Waals surface area contributed by atoms with Crippen molar-refractivity contribution in [3.8, 4) is 5.75 Å². The average Bonchev–Trinajstić information content (AvgIpc) is 3.18. The number of benzene rings is 2. The topological polar surface area (TPSA) is 124 Å². The van der Waals surface area contributed by atoms with Crippen molar-refractivity contribution in [2.75, 3.05) is 23.5 Å². The van der Waals surface area contributed by atoms with Gasteiger partial charge in [0, 0.05) is 23.1 Å². The number of fused-ring (bicyclic) bond motifs is 1. The van der Waals surface area contributed by atoms with Gasteiger partial charge >= 0.3 is 6.03 Å². The second-order valence-corrected chi connectivity index (χ2v) is 8.01. The lowest BCUT2D eigenvalue weighted by Gasteiger charge is -2.12. The number of amides is 2. The molecule has 0 aliphatic heterocycles. The Morgan fingerprint density at radius 2 is 1.91 bits per heavy atom. The second kappa shape index (κ2) is 8.79. The van der Waals surface area contributed by atoms with Gasteiger partial charge in [0.05, 0.1) is 23.7 Å². The third kappa shape index (κ3) is 4.10. The van der Waals surface area contributed by atoms with E-state index in [2.05, 4.69) is 20.6 Å². The van der Waals surface area contributed by atoms with Gasteiger partial charge in [-0.15, -0.1) is 0 Å². The molecular formula is C26H22N6O3. The Morgan fingerprint density at radius 1 is 1.09 bits per heavy atom. The van der Waals surface area contributed by atoms with Crippen molar-refractivity contribution in [1.82, 2.24) is 14.5 Å². The molecule has 0 bridgehead atoms. The molecular weight excluding hydrogens is 444 g/mol. The molecule has 0 radical (unpaired) electrons. The van der Waals surface area contributed by atoms with Gasteiger partial charge in [-0.2, -0.15) is 0 Å². The zero-order valence-corrected chi connectivity index (χ0v) is 19.1. The zero-order valence-electron chi connectivity index (χ0n) is 19.1. The number of urea groups is 1. The van der Waals surface area contributed by atoms with E-state index in [4.69, 9.17) is 10.5 Å². The summed E-state index contributed by atoms with van der Waals surface area (Å²) in [6.45, 7) is 1.92. The number of methoxy groups -OCH3 is 1. The van der Waals surface area contributed by atoms with Crippen molar-refractivity contribution in [2.45, 2.75) is 6.92 Å². The van der Waals surface area contributed by atoms with Crippen LogP contribution in [0.25, 0.3) is 16.7 Å². The van der Waals surface area contributed by atoms with Crippen LogP contribution in [0.1, 0.15) is 21.5 Å². The molecule has 1 aliphatic rings. The molecule has 9 nitrogen and oxygen atoms in total. The summed E-state index contributed by atoms with van der Waals surface area (Å²) >= 11 is 0. The van der Waals surface area contributed by atoms with Gasteiger partial charge in [-0.25, -0.2) is 14.8 Å². The van der Waals surface area contributed by atoms with Crippen molar-refractivity contribution < 1.29 is 14.3 Å². The van der Waals surface area contributed by atoms with E-state index in [0.717, 1.165) is 11.3 Å². The number of anilines is 3. The summed E-state index contributed by atoms with van der Waals surface area (Å²) < 4.78 is 7.12. The molecule has 2 aromatic carbocycles. The maximum atomic E-state index is 13.5. The summed E-state index contributed by atoms with van der Waals surface area (Å²) in [4.78, 5) is 34.5. The van der Waals surface area contributed by atoms with Crippen LogP contribution in [0.4, 0.5) is 22.0 Å². The Kier molecular flexibility index (Phi) is 5.50. The molecule has 2 amide bonds. The summed E-state index contributed by atoms with van der Waals surface area (Å²) in [6.07, 6.45) is 8.82. The molecule has 0 unspecified atom stereocenters. The minimum absolute atomic E-state index is 0.224. The lowest BCUT2D eigenvalue weighted by atomic mass is 10.0. The van der Waals surface area contributed by atoms with Gasteiger partial charge in [-0.3, -0.25) is 4.79 Å². The smallest absolute Gasteiger partial charge is 0.323 e. The predicted molar refractivity (Wildman–Crippen MR) is 136 cm³/mol. The predicted octanol–water partition coefficient (Wildman–Crippen LogP) is 4.62. The number of ketones is 1. The first-order valence-electron chi connectivity index (χ1n) is 10.8. The molecule has 0 fully saturated rings. The van der Waals surface area contributed by atoms with E-state index in [1.807, 2.05) is 41.9 Å². The number of ether oxygens (including phenoxy) is 1. The van der Waals surface area contributed by atoms with Crippen LogP contribution in [0.5, 0.6) is 5.75 Å². The lowest BCUT2D eigenvalue weighted by Crippen LogP contribution is -2.20. The van der Waals surface area contributed by atoms with Crippen LogP contribution in [-0.4, -0.2) is 33.5 Å². The third-order valence-corrected chi connectivity index (χ3v) is 5.65. The van der Waals surface area contributed by atoms with Crippen molar-refractivity contribution in [1.29, 1.82) is 0 Å². The Balaban J connectivity index is 1.42. The maximum Gasteiger partial charge on any atom is 0.323 e. The van der Waals surface area contributed by atoms with E-state index in [1.165, 1.54) is 13.4 Å². The first-order chi connectivity index (χ1) is 16.9. The molecule has 4 aromatic rings. The molecule has 0 saturated heterocycles. The van der Waals surface area contributed by atoms with E-state index in [9.17, 15) is 9.59 Å². The first kappa shape index (κ1) is 21.9. The number of allylic oxidation sites excluding steroid dienone is 4. The normalized spacial score (nSPS) is 12.1. The van der Waals surface area contributed by atoms with Crippen molar-refractivity contribution in [3.63, 3.8) is 0 Å². The fraction of sp³-hybridized carbons (Fsp3) is 0.0769. The molecule has 5 rings (SSSR count). The summed E-state index contributed by atoms with van der Waals surface area (Å²) in [5.74, 6) is 0.507. The highest BCUT2D eigenvalue weighted by Crippen LogP contribution is 2.31. The molecule has 174 valence electrons. The fourth-order valence-corrected chi connectivity index (χ4v) is 3.90. The minimum atomic E-state index is -0.462. The van der Waals surface area contributed by atoms with Crippen LogP contribution < -0.4 is 21.1 Å². The average molecular weight is 467 g/mol.